The Balaban J connectivity index is 0.00000456. The van der Waals surface area contributed by atoms with Crippen molar-refractivity contribution in [3.63, 3.8) is 0 Å². The molecule has 0 unspecified atom stereocenters. The van der Waals surface area contributed by atoms with E-state index >= 15 is 0 Å². The molecule has 1 saturated heterocycles. The first-order chi connectivity index (χ1) is 16.7. The third-order valence-electron chi connectivity index (χ3n) is 6.02. The van der Waals surface area contributed by atoms with E-state index in [1.165, 1.54) is 11.2 Å². The summed E-state index contributed by atoms with van der Waals surface area (Å²) in [4.78, 5) is 52.6. The van der Waals surface area contributed by atoms with Crippen molar-refractivity contribution in [3.8, 4) is 0 Å². The van der Waals surface area contributed by atoms with Crippen LogP contribution in [0.25, 0.3) is 0 Å². The van der Waals surface area contributed by atoms with Crippen LogP contribution in [-0.2, 0) is 20.9 Å². The minimum atomic E-state index is -1.23. The van der Waals surface area contributed by atoms with E-state index in [1.54, 1.807) is 17.0 Å². The van der Waals surface area contributed by atoms with Crippen molar-refractivity contribution < 1.29 is 28.7 Å². The van der Waals surface area contributed by atoms with E-state index in [9.17, 15) is 24.3 Å². The Kier molecular flexibility index (Phi) is 10.8. The van der Waals surface area contributed by atoms with Crippen LogP contribution in [0.2, 0.25) is 0 Å². The number of urea groups is 1. The van der Waals surface area contributed by atoms with Crippen molar-refractivity contribution in [3.05, 3.63) is 24.2 Å². The first-order valence-corrected chi connectivity index (χ1v) is 11.7. The Hall–Kier alpha value is -3.48. The molecule has 1 aromatic heterocycles. The van der Waals surface area contributed by atoms with Crippen molar-refractivity contribution in [2.45, 2.75) is 50.7 Å². The predicted octanol–water partition coefficient (Wildman–Crippen LogP) is 0.0566. The molecule has 1 aliphatic carbocycles. The number of hydrogen-bond donors (Lipinski definition) is 6. The van der Waals surface area contributed by atoms with Gasteiger partial charge in [-0.3, -0.25) is 19.8 Å². The number of amides is 4. The zero-order chi connectivity index (χ0) is 25.4. The second-order valence-electron chi connectivity index (χ2n) is 8.90. The summed E-state index contributed by atoms with van der Waals surface area (Å²) < 4.78 is 5.16. The van der Waals surface area contributed by atoms with Crippen molar-refractivity contribution in [2.24, 2.45) is 11.7 Å². The number of nitrogens with one attached hydrogen (secondary N) is 4. The Morgan fingerprint density at radius 2 is 2.00 bits per heavy atom. The van der Waals surface area contributed by atoms with Gasteiger partial charge in [-0.25, -0.2) is 4.79 Å². The molecule has 200 valence electrons. The lowest BCUT2D eigenvalue weighted by Gasteiger charge is -2.33. The Bertz CT molecular complexity index is 924. The van der Waals surface area contributed by atoms with Crippen molar-refractivity contribution in [1.82, 2.24) is 25.8 Å². The third kappa shape index (κ3) is 8.95. The van der Waals surface area contributed by atoms with Gasteiger partial charge in [0.15, 0.2) is 5.96 Å². The van der Waals surface area contributed by atoms with E-state index in [2.05, 4.69) is 16.0 Å². The molecule has 36 heavy (non-hydrogen) atoms. The Morgan fingerprint density at radius 1 is 1.25 bits per heavy atom. The molecule has 2 heterocycles. The largest absolute Gasteiger partial charge is 0.480 e. The van der Waals surface area contributed by atoms with Gasteiger partial charge in [0.25, 0.3) is 0 Å². The highest BCUT2D eigenvalue weighted by Gasteiger charge is 2.38. The van der Waals surface area contributed by atoms with Gasteiger partial charge in [-0.05, 0) is 43.7 Å². The summed E-state index contributed by atoms with van der Waals surface area (Å²) in [7, 11) is 0. The summed E-state index contributed by atoms with van der Waals surface area (Å²) in [6.45, 7) is 1.19. The van der Waals surface area contributed by atoms with E-state index < -0.39 is 36.4 Å². The molecule has 13 nitrogen and oxygen atoms in total. The van der Waals surface area contributed by atoms with E-state index in [0.29, 0.717) is 38.2 Å². The number of carboxylic acid groups (broad SMARTS) is 1. The SMILES string of the molecule is Cl.N=C(N)N1CCC[C@@H](CNC(=O)C[C@H](NC(=O)NCc2ccco2)C(=O)N(CC(=O)O)C2CC2)C1. The standard InChI is InChI=1S/C22H33N7O6.ClH/c23-21(24)28-7-1-3-14(12-28)10-25-18(30)9-17(20(33)29(13-19(31)32)15-5-6-15)27-22(34)26-11-16-4-2-8-35-16;/h2,4,8,14-15,17H,1,3,5-7,9-13H2,(H3,23,24)(H,25,30)(H,31,32)(H2,26,27,34);1H/t14-,17-;/m0./s1. The van der Waals surface area contributed by atoms with E-state index in [-0.39, 0.29) is 43.3 Å². The zero-order valence-corrected chi connectivity index (χ0v) is 20.7. The quantitative estimate of drug-likeness (QED) is 0.171. The van der Waals surface area contributed by atoms with Gasteiger partial charge in [0.05, 0.1) is 19.2 Å². The van der Waals surface area contributed by atoms with Crippen LogP contribution in [0, 0.1) is 11.3 Å². The average molecular weight is 528 g/mol. The number of carbonyl (C=O) groups is 4. The number of nitrogens with two attached hydrogens (primary N) is 1. The van der Waals surface area contributed by atoms with E-state index in [0.717, 1.165) is 12.8 Å². The summed E-state index contributed by atoms with van der Waals surface area (Å²) >= 11 is 0. The van der Waals surface area contributed by atoms with E-state index in [4.69, 9.17) is 15.6 Å². The fourth-order valence-corrected chi connectivity index (χ4v) is 4.08. The maximum atomic E-state index is 13.2. The number of hydrogen-bond acceptors (Lipinski definition) is 6. The molecule has 2 atom stereocenters. The van der Waals surface area contributed by atoms with Gasteiger partial charge >= 0.3 is 12.0 Å². The van der Waals surface area contributed by atoms with Gasteiger partial charge in [0.1, 0.15) is 18.3 Å². The Morgan fingerprint density at radius 3 is 2.61 bits per heavy atom. The predicted molar refractivity (Wildman–Crippen MR) is 131 cm³/mol. The molecule has 0 bridgehead atoms. The lowest BCUT2D eigenvalue weighted by molar-refractivity contribution is -0.146. The third-order valence-corrected chi connectivity index (χ3v) is 6.02. The highest BCUT2D eigenvalue weighted by molar-refractivity contribution is 5.93. The molecule has 1 saturated carbocycles. The number of carboxylic acids is 1. The number of likely N-dealkylation sites (tertiary alicyclic amines) is 1. The topological polar surface area (TPSA) is 194 Å². The number of aliphatic carboxylic acids is 1. The number of furan rings is 1. The fourth-order valence-electron chi connectivity index (χ4n) is 4.08. The molecule has 7 N–H and O–H groups in total. The molecule has 2 aliphatic rings. The van der Waals surface area contributed by atoms with Crippen LogP contribution in [-0.4, -0.2) is 82.9 Å². The van der Waals surface area contributed by atoms with Crippen LogP contribution in [0.3, 0.4) is 0 Å². The van der Waals surface area contributed by atoms with Gasteiger partial charge < -0.3 is 41.0 Å². The average Bonchev–Trinajstić information content (AvgIpc) is 3.53. The summed E-state index contributed by atoms with van der Waals surface area (Å²) in [6.07, 6.45) is 4.21. The second kappa shape index (κ2) is 13.6. The maximum Gasteiger partial charge on any atom is 0.323 e. The number of piperidine rings is 1. The van der Waals surface area contributed by atoms with Crippen LogP contribution in [0.15, 0.2) is 22.8 Å². The highest BCUT2D eigenvalue weighted by Crippen LogP contribution is 2.27. The van der Waals surface area contributed by atoms with Crippen molar-refractivity contribution >= 4 is 42.2 Å². The minimum absolute atomic E-state index is 0. The molecule has 14 heteroatoms. The summed E-state index contributed by atoms with van der Waals surface area (Å²) in [5.41, 5.74) is 5.56. The monoisotopic (exact) mass is 527 g/mol. The number of guanidine groups is 1. The fraction of sp³-hybridized carbons (Fsp3) is 0.591. The van der Waals surface area contributed by atoms with Crippen LogP contribution >= 0.6 is 12.4 Å². The van der Waals surface area contributed by atoms with Crippen LogP contribution in [0.5, 0.6) is 0 Å². The molecule has 0 radical (unpaired) electrons. The highest BCUT2D eigenvalue weighted by atomic mass is 35.5. The maximum absolute atomic E-state index is 13.2. The first-order valence-electron chi connectivity index (χ1n) is 11.7. The van der Waals surface area contributed by atoms with Crippen LogP contribution < -0.4 is 21.7 Å². The van der Waals surface area contributed by atoms with Crippen molar-refractivity contribution in [1.29, 1.82) is 5.41 Å². The first kappa shape index (κ1) is 28.8. The molecular formula is C22H34ClN7O6. The molecule has 1 aromatic rings. The molecular weight excluding hydrogens is 494 g/mol. The zero-order valence-electron chi connectivity index (χ0n) is 19.9. The van der Waals surface area contributed by atoms with Crippen LogP contribution in [0.1, 0.15) is 37.9 Å². The molecule has 2 fully saturated rings. The number of rotatable bonds is 11. The smallest absolute Gasteiger partial charge is 0.323 e. The van der Waals surface area contributed by atoms with Crippen molar-refractivity contribution in [2.75, 3.05) is 26.2 Å². The summed E-state index contributed by atoms with van der Waals surface area (Å²) in [5.74, 6) is -1.61. The van der Waals surface area contributed by atoms with Gasteiger partial charge in [0, 0.05) is 25.7 Å². The normalized spacial score (nSPS) is 17.8. The molecule has 4 amide bonds. The number of carbonyl (C=O) groups excluding carboxylic acids is 3. The molecule has 1 aliphatic heterocycles. The summed E-state index contributed by atoms with van der Waals surface area (Å²) in [6, 6.07) is 1.23. The van der Waals surface area contributed by atoms with Gasteiger partial charge in [-0.15, -0.1) is 12.4 Å². The van der Waals surface area contributed by atoms with E-state index in [1.807, 2.05) is 0 Å². The Labute approximate surface area is 215 Å². The second-order valence-corrected chi connectivity index (χ2v) is 8.90. The molecule has 0 spiro atoms. The van der Waals surface area contributed by atoms with Gasteiger partial charge in [0.2, 0.25) is 11.8 Å². The lowest BCUT2D eigenvalue weighted by atomic mass is 9.98. The summed E-state index contributed by atoms with van der Waals surface area (Å²) in [5, 5.41) is 24.7. The minimum Gasteiger partial charge on any atom is -0.480 e. The number of halogens is 1. The molecule has 0 aromatic carbocycles. The molecule has 3 rings (SSSR count). The number of nitrogens with zero attached hydrogens (tertiary/aromatic N) is 2. The van der Waals surface area contributed by atoms with Gasteiger partial charge in [-0.2, -0.15) is 0 Å². The van der Waals surface area contributed by atoms with Gasteiger partial charge in [-0.1, -0.05) is 0 Å². The van der Waals surface area contributed by atoms with Crippen LogP contribution in [0.4, 0.5) is 4.79 Å². The lowest BCUT2D eigenvalue weighted by Crippen LogP contribution is -2.54.